The molecule has 0 aliphatic carbocycles. The zero-order chi connectivity index (χ0) is 11.8. The number of piperidine rings is 1. The molecule has 0 N–H and O–H groups in total. The number of hydrogen-bond acceptors (Lipinski definition) is 2. The molecule has 1 aliphatic rings. The minimum absolute atomic E-state index is 0.620. The number of fused-ring (bicyclic) bond motifs is 1. The van der Waals surface area contributed by atoms with E-state index >= 15 is 0 Å². The summed E-state index contributed by atoms with van der Waals surface area (Å²) in [5.74, 6) is 1.88. The van der Waals surface area contributed by atoms with E-state index in [4.69, 9.17) is 0 Å². The van der Waals surface area contributed by atoms with E-state index in [0.717, 1.165) is 0 Å². The number of imidazole rings is 1. The van der Waals surface area contributed by atoms with E-state index in [2.05, 4.69) is 46.5 Å². The van der Waals surface area contributed by atoms with Gasteiger partial charge in [0, 0.05) is 11.6 Å². The molecule has 0 amide bonds. The van der Waals surface area contributed by atoms with Crippen molar-refractivity contribution in [1.82, 2.24) is 14.3 Å². The normalized spacial score (nSPS) is 18.9. The van der Waals surface area contributed by atoms with E-state index in [0.29, 0.717) is 5.92 Å². The Bertz CT molecular complexity index is 521. The van der Waals surface area contributed by atoms with Gasteiger partial charge in [-0.2, -0.15) is 0 Å². The molecule has 3 heterocycles. The quantitative estimate of drug-likeness (QED) is 0.748. The lowest BCUT2D eigenvalue weighted by molar-refractivity contribution is 0.251. The highest BCUT2D eigenvalue weighted by atomic mass is 15.1. The van der Waals surface area contributed by atoms with Crippen LogP contribution in [-0.2, 0) is 0 Å². The van der Waals surface area contributed by atoms with Gasteiger partial charge in [-0.3, -0.25) is 0 Å². The highest BCUT2D eigenvalue weighted by molar-refractivity contribution is 5.47. The van der Waals surface area contributed by atoms with E-state index in [9.17, 15) is 0 Å². The smallest absolute Gasteiger partial charge is 0.116 e. The summed E-state index contributed by atoms with van der Waals surface area (Å²) in [6.45, 7) is 4.53. The van der Waals surface area contributed by atoms with Crippen LogP contribution in [0.5, 0.6) is 0 Å². The van der Waals surface area contributed by atoms with Gasteiger partial charge in [0.05, 0.1) is 11.7 Å². The Labute approximate surface area is 102 Å². The Morgan fingerprint density at radius 3 is 2.76 bits per heavy atom. The zero-order valence-electron chi connectivity index (χ0n) is 10.6. The number of pyridine rings is 1. The molecule has 1 aliphatic heterocycles. The van der Waals surface area contributed by atoms with E-state index in [1.165, 1.54) is 43.0 Å². The lowest BCUT2D eigenvalue weighted by Gasteiger charge is -2.28. The second-order valence-corrected chi connectivity index (χ2v) is 5.12. The lowest BCUT2D eigenvalue weighted by atomic mass is 9.96. The first-order chi connectivity index (χ1) is 8.25. The number of likely N-dealkylation sites (tertiary alicyclic amines) is 1. The molecule has 0 aromatic carbocycles. The summed E-state index contributed by atoms with van der Waals surface area (Å²) >= 11 is 0. The molecular formula is C14H19N3. The second kappa shape index (κ2) is 4.15. The van der Waals surface area contributed by atoms with Gasteiger partial charge in [0.2, 0.25) is 0 Å². The summed E-state index contributed by atoms with van der Waals surface area (Å²) in [6.07, 6.45) is 4.45. The third-order valence-electron chi connectivity index (χ3n) is 3.86. The van der Waals surface area contributed by atoms with Crippen molar-refractivity contribution in [3.8, 4) is 0 Å². The van der Waals surface area contributed by atoms with Gasteiger partial charge in [0.1, 0.15) is 5.82 Å². The van der Waals surface area contributed by atoms with Gasteiger partial charge >= 0.3 is 0 Å². The van der Waals surface area contributed by atoms with Crippen LogP contribution in [0.4, 0.5) is 0 Å². The third-order valence-corrected chi connectivity index (χ3v) is 3.86. The van der Waals surface area contributed by atoms with Gasteiger partial charge in [0.25, 0.3) is 0 Å². The fraction of sp³-hybridized carbons (Fsp3) is 0.500. The van der Waals surface area contributed by atoms with Crippen molar-refractivity contribution >= 4 is 5.52 Å². The topological polar surface area (TPSA) is 20.5 Å². The van der Waals surface area contributed by atoms with E-state index in [-0.39, 0.29) is 0 Å². The summed E-state index contributed by atoms with van der Waals surface area (Å²) < 4.78 is 2.32. The number of hydrogen-bond donors (Lipinski definition) is 0. The first-order valence-electron chi connectivity index (χ1n) is 6.37. The summed E-state index contributed by atoms with van der Waals surface area (Å²) in [5, 5.41) is 0. The van der Waals surface area contributed by atoms with Crippen molar-refractivity contribution in [2.75, 3.05) is 20.1 Å². The molecule has 1 fully saturated rings. The van der Waals surface area contributed by atoms with Crippen LogP contribution in [0.15, 0.2) is 24.4 Å². The van der Waals surface area contributed by atoms with Crippen LogP contribution in [-0.4, -0.2) is 34.4 Å². The molecule has 1 saturated heterocycles. The van der Waals surface area contributed by atoms with Gasteiger partial charge in [-0.1, -0.05) is 6.07 Å². The summed E-state index contributed by atoms with van der Waals surface area (Å²) in [5.41, 5.74) is 2.51. The molecule has 17 heavy (non-hydrogen) atoms. The van der Waals surface area contributed by atoms with Crippen LogP contribution >= 0.6 is 0 Å². The van der Waals surface area contributed by atoms with Gasteiger partial charge in [-0.25, -0.2) is 4.98 Å². The Hall–Kier alpha value is -1.35. The monoisotopic (exact) mass is 229 g/mol. The van der Waals surface area contributed by atoms with Crippen LogP contribution in [0.3, 0.4) is 0 Å². The maximum absolute atomic E-state index is 4.65. The number of aromatic nitrogens is 2. The fourth-order valence-corrected chi connectivity index (χ4v) is 2.80. The SMILES string of the molecule is Cc1cccc2cnc(C3CCN(C)CC3)n12. The summed E-state index contributed by atoms with van der Waals surface area (Å²) in [7, 11) is 2.20. The first-order valence-corrected chi connectivity index (χ1v) is 6.37. The van der Waals surface area contributed by atoms with Gasteiger partial charge < -0.3 is 9.30 Å². The molecule has 0 unspecified atom stereocenters. The van der Waals surface area contributed by atoms with Crippen molar-refractivity contribution in [2.45, 2.75) is 25.7 Å². The molecule has 0 bridgehead atoms. The highest BCUT2D eigenvalue weighted by Gasteiger charge is 2.22. The van der Waals surface area contributed by atoms with Crippen LogP contribution in [0.25, 0.3) is 5.52 Å². The molecular weight excluding hydrogens is 210 g/mol. The Balaban J connectivity index is 2.00. The molecule has 3 nitrogen and oxygen atoms in total. The average molecular weight is 229 g/mol. The Morgan fingerprint density at radius 1 is 1.24 bits per heavy atom. The van der Waals surface area contributed by atoms with Gasteiger partial charge in [-0.05, 0) is 52.0 Å². The molecule has 0 radical (unpaired) electrons. The van der Waals surface area contributed by atoms with Gasteiger partial charge in [-0.15, -0.1) is 0 Å². The predicted octanol–water partition coefficient (Wildman–Crippen LogP) is 2.45. The molecule has 3 rings (SSSR count). The summed E-state index contributed by atoms with van der Waals surface area (Å²) in [4.78, 5) is 7.05. The second-order valence-electron chi connectivity index (χ2n) is 5.12. The van der Waals surface area contributed by atoms with Crippen LogP contribution in [0.2, 0.25) is 0 Å². The zero-order valence-corrected chi connectivity index (χ0v) is 10.6. The standard InChI is InChI=1S/C14H19N3/c1-11-4-3-5-13-10-15-14(17(11)13)12-6-8-16(2)9-7-12/h3-5,10,12H,6-9H2,1-2H3. The largest absolute Gasteiger partial charge is 0.306 e. The van der Waals surface area contributed by atoms with Crippen molar-refractivity contribution in [2.24, 2.45) is 0 Å². The minimum Gasteiger partial charge on any atom is -0.306 e. The van der Waals surface area contributed by atoms with E-state index < -0.39 is 0 Å². The average Bonchev–Trinajstić information content (AvgIpc) is 2.75. The summed E-state index contributed by atoms with van der Waals surface area (Å²) in [6, 6.07) is 6.40. The van der Waals surface area contributed by atoms with Crippen LogP contribution in [0, 0.1) is 6.92 Å². The highest BCUT2D eigenvalue weighted by Crippen LogP contribution is 2.27. The minimum atomic E-state index is 0.620. The maximum atomic E-state index is 4.65. The molecule has 2 aromatic rings. The van der Waals surface area contributed by atoms with Crippen molar-refractivity contribution < 1.29 is 0 Å². The van der Waals surface area contributed by atoms with Crippen molar-refractivity contribution in [3.63, 3.8) is 0 Å². The Kier molecular flexibility index (Phi) is 2.63. The fourth-order valence-electron chi connectivity index (χ4n) is 2.80. The number of nitrogens with zero attached hydrogens (tertiary/aromatic N) is 3. The first kappa shape index (κ1) is 10.8. The maximum Gasteiger partial charge on any atom is 0.116 e. The number of rotatable bonds is 1. The van der Waals surface area contributed by atoms with E-state index in [1.54, 1.807) is 0 Å². The number of aryl methyl sites for hydroxylation is 1. The van der Waals surface area contributed by atoms with Gasteiger partial charge in [0.15, 0.2) is 0 Å². The molecule has 0 spiro atoms. The van der Waals surface area contributed by atoms with Crippen LogP contribution < -0.4 is 0 Å². The van der Waals surface area contributed by atoms with Crippen molar-refractivity contribution in [3.05, 3.63) is 35.9 Å². The lowest BCUT2D eigenvalue weighted by Crippen LogP contribution is -2.30. The molecule has 2 aromatic heterocycles. The third kappa shape index (κ3) is 1.84. The molecule has 0 atom stereocenters. The van der Waals surface area contributed by atoms with Crippen LogP contribution in [0.1, 0.15) is 30.3 Å². The van der Waals surface area contributed by atoms with E-state index in [1.807, 2.05) is 6.20 Å². The molecule has 3 heteroatoms. The predicted molar refractivity (Wildman–Crippen MR) is 69.4 cm³/mol. The molecule has 90 valence electrons. The van der Waals surface area contributed by atoms with Crippen molar-refractivity contribution in [1.29, 1.82) is 0 Å². The Morgan fingerprint density at radius 2 is 2.00 bits per heavy atom. The molecule has 0 saturated carbocycles.